The van der Waals surface area contributed by atoms with Crippen molar-refractivity contribution in [2.24, 2.45) is 0 Å². The Labute approximate surface area is 127 Å². The number of nitrogens with zero attached hydrogens (tertiary/aromatic N) is 1. The van der Waals surface area contributed by atoms with Gasteiger partial charge >= 0.3 is 0 Å². The standard InChI is InChI=1S/C14H17ClN2O2S/c1-9-17-12(8-20-9)3-4-16-7-10-5-11(15)6-13(19-2)14(10)18/h5-6,8,16,18H,3-4,7H2,1-2H3. The highest BCUT2D eigenvalue weighted by atomic mass is 35.5. The van der Waals surface area contributed by atoms with Gasteiger partial charge in [-0.25, -0.2) is 4.98 Å². The number of methoxy groups -OCH3 is 1. The molecule has 0 fully saturated rings. The molecular weight excluding hydrogens is 296 g/mol. The summed E-state index contributed by atoms with van der Waals surface area (Å²) in [6.07, 6.45) is 0.864. The van der Waals surface area contributed by atoms with Gasteiger partial charge in [0, 0.05) is 41.5 Å². The number of aryl methyl sites for hydroxylation is 1. The van der Waals surface area contributed by atoms with Crippen LogP contribution in [-0.4, -0.2) is 23.7 Å². The first-order valence-corrected chi connectivity index (χ1v) is 7.53. The molecule has 108 valence electrons. The molecule has 1 aromatic heterocycles. The molecule has 0 aliphatic rings. The molecule has 0 spiro atoms. The van der Waals surface area contributed by atoms with Crippen LogP contribution in [0.4, 0.5) is 0 Å². The van der Waals surface area contributed by atoms with Crippen LogP contribution in [0.25, 0.3) is 0 Å². The van der Waals surface area contributed by atoms with E-state index in [2.05, 4.69) is 15.7 Å². The summed E-state index contributed by atoms with van der Waals surface area (Å²) in [5.41, 5.74) is 1.82. The van der Waals surface area contributed by atoms with E-state index in [0.717, 1.165) is 29.2 Å². The Morgan fingerprint density at radius 1 is 1.45 bits per heavy atom. The average Bonchev–Trinajstić information content (AvgIpc) is 2.83. The Morgan fingerprint density at radius 2 is 2.25 bits per heavy atom. The van der Waals surface area contributed by atoms with Gasteiger partial charge in [0.25, 0.3) is 0 Å². The van der Waals surface area contributed by atoms with Gasteiger partial charge in [-0.15, -0.1) is 11.3 Å². The van der Waals surface area contributed by atoms with Crippen LogP contribution in [0.3, 0.4) is 0 Å². The Bertz CT molecular complexity index is 587. The molecule has 1 heterocycles. The Kier molecular flexibility index (Phi) is 5.23. The van der Waals surface area contributed by atoms with Crippen LogP contribution in [-0.2, 0) is 13.0 Å². The van der Waals surface area contributed by atoms with Gasteiger partial charge in [-0.05, 0) is 13.0 Å². The summed E-state index contributed by atoms with van der Waals surface area (Å²) in [4.78, 5) is 4.40. The lowest BCUT2D eigenvalue weighted by molar-refractivity contribution is 0.369. The minimum atomic E-state index is 0.133. The molecule has 20 heavy (non-hydrogen) atoms. The number of thiazole rings is 1. The van der Waals surface area contributed by atoms with Crippen molar-refractivity contribution >= 4 is 22.9 Å². The van der Waals surface area contributed by atoms with E-state index in [0.29, 0.717) is 17.3 Å². The minimum Gasteiger partial charge on any atom is -0.504 e. The summed E-state index contributed by atoms with van der Waals surface area (Å²) < 4.78 is 5.07. The van der Waals surface area contributed by atoms with Gasteiger partial charge in [-0.1, -0.05) is 11.6 Å². The number of phenolic OH excluding ortho intramolecular Hbond substituents is 1. The van der Waals surface area contributed by atoms with E-state index in [1.165, 1.54) is 7.11 Å². The van der Waals surface area contributed by atoms with E-state index in [-0.39, 0.29) is 5.75 Å². The summed E-state index contributed by atoms with van der Waals surface area (Å²) in [7, 11) is 1.51. The van der Waals surface area contributed by atoms with Crippen LogP contribution in [0.2, 0.25) is 5.02 Å². The Balaban J connectivity index is 1.89. The van der Waals surface area contributed by atoms with Crippen molar-refractivity contribution in [1.82, 2.24) is 10.3 Å². The zero-order valence-electron chi connectivity index (χ0n) is 11.4. The van der Waals surface area contributed by atoms with Crippen LogP contribution in [0.15, 0.2) is 17.5 Å². The Morgan fingerprint density at radius 3 is 2.90 bits per heavy atom. The average molecular weight is 313 g/mol. The second-order valence-corrected chi connectivity index (χ2v) is 5.90. The number of benzene rings is 1. The number of aromatic nitrogens is 1. The summed E-state index contributed by atoms with van der Waals surface area (Å²) in [5, 5.41) is 17.0. The van der Waals surface area contributed by atoms with E-state index < -0.39 is 0 Å². The highest BCUT2D eigenvalue weighted by molar-refractivity contribution is 7.09. The fourth-order valence-electron chi connectivity index (χ4n) is 1.88. The summed E-state index contributed by atoms with van der Waals surface area (Å²) in [6, 6.07) is 3.33. The van der Waals surface area contributed by atoms with Crippen molar-refractivity contribution in [3.63, 3.8) is 0 Å². The fourth-order valence-corrected chi connectivity index (χ4v) is 2.76. The fraction of sp³-hybridized carbons (Fsp3) is 0.357. The molecule has 2 N–H and O–H groups in total. The number of phenols is 1. The van der Waals surface area contributed by atoms with E-state index in [1.807, 2.05) is 6.92 Å². The maximum absolute atomic E-state index is 10.00. The van der Waals surface area contributed by atoms with Crippen molar-refractivity contribution in [1.29, 1.82) is 0 Å². The molecule has 2 rings (SSSR count). The van der Waals surface area contributed by atoms with Gasteiger partial charge in [0.1, 0.15) is 0 Å². The number of rotatable bonds is 6. The van der Waals surface area contributed by atoms with Crippen LogP contribution in [0, 0.1) is 6.92 Å². The third-order valence-electron chi connectivity index (χ3n) is 2.88. The van der Waals surface area contributed by atoms with E-state index >= 15 is 0 Å². The number of halogens is 1. The van der Waals surface area contributed by atoms with Gasteiger partial charge in [-0.3, -0.25) is 0 Å². The third-order valence-corrected chi connectivity index (χ3v) is 3.92. The topological polar surface area (TPSA) is 54.4 Å². The maximum atomic E-state index is 10.00. The lowest BCUT2D eigenvalue weighted by Gasteiger charge is -2.10. The first-order valence-electron chi connectivity index (χ1n) is 6.27. The van der Waals surface area contributed by atoms with Crippen molar-refractivity contribution in [2.75, 3.05) is 13.7 Å². The molecule has 1 aromatic carbocycles. The largest absolute Gasteiger partial charge is 0.504 e. The van der Waals surface area contributed by atoms with Crippen molar-refractivity contribution in [3.8, 4) is 11.5 Å². The molecule has 0 unspecified atom stereocenters. The summed E-state index contributed by atoms with van der Waals surface area (Å²) >= 11 is 7.64. The normalized spacial score (nSPS) is 10.8. The summed E-state index contributed by atoms with van der Waals surface area (Å²) in [5.74, 6) is 0.526. The van der Waals surface area contributed by atoms with Crippen molar-refractivity contribution in [3.05, 3.63) is 38.8 Å². The van der Waals surface area contributed by atoms with Crippen LogP contribution >= 0.6 is 22.9 Å². The van der Waals surface area contributed by atoms with Gasteiger partial charge in [-0.2, -0.15) is 0 Å². The number of nitrogens with one attached hydrogen (secondary N) is 1. The van der Waals surface area contributed by atoms with Gasteiger partial charge in [0.15, 0.2) is 11.5 Å². The van der Waals surface area contributed by atoms with E-state index in [4.69, 9.17) is 16.3 Å². The molecule has 0 amide bonds. The number of ether oxygens (including phenoxy) is 1. The second-order valence-electron chi connectivity index (χ2n) is 4.40. The third kappa shape index (κ3) is 3.85. The number of aromatic hydroxyl groups is 1. The Hall–Kier alpha value is -1.30. The second kappa shape index (κ2) is 6.92. The molecule has 0 saturated carbocycles. The lowest BCUT2D eigenvalue weighted by atomic mass is 10.2. The molecular formula is C14H17ClN2O2S. The van der Waals surface area contributed by atoms with Crippen LogP contribution in [0.1, 0.15) is 16.3 Å². The molecule has 0 atom stereocenters. The highest BCUT2D eigenvalue weighted by Crippen LogP contribution is 2.33. The zero-order valence-corrected chi connectivity index (χ0v) is 13.0. The van der Waals surface area contributed by atoms with Crippen LogP contribution < -0.4 is 10.1 Å². The molecule has 0 aliphatic carbocycles. The summed E-state index contributed by atoms with van der Waals surface area (Å²) in [6.45, 7) is 3.32. The smallest absolute Gasteiger partial charge is 0.162 e. The van der Waals surface area contributed by atoms with Crippen LogP contribution in [0.5, 0.6) is 11.5 Å². The molecule has 6 heteroatoms. The molecule has 0 aliphatic heterocycles. The minimum absolute atomic E-state index is 0.133. The van der Waals surface area contributed by atoms with Gasteiger partial charge in [0.2, 0.25) is 0 Å². The predicted molar refractivity (Wildman–Crippen MR) is 81.9 cm³/mol. The first-order chi connectivity index (χ1) is 9.60. The SMILES string of the molecule is COc1cc(Cl)cc(CNCCc2csc(C)n2)c1O. The molecule has 0 bridgehead atoms. The molecule has 0 radical (unpaired) electrons. The van der Waals surface area contributed by atoms with Gasteiger partial charge in [0.05, 0.1) is 17.8 Å². The van der Waals surface area contributed by atoms with E-state index in [9.17, 15) is 5.11 Å². The zero-order chi connectivity index (χ0) is 14.5. The highest BCUT2D eigenvalue weighted by Gasteiger charge is 2.09. The number of hydrogen-bond donors (Lipinski definition) is 2. The molecule has 0 saturated heterocycles. The molecule has 4 nitrogen and oxygen atoms in total. The first kappa shape index (κ1) is 15.1. The number of hydrogen-bond acceptors (Lipinski definition) is 5. The predicted octanol–water partition coefficient (Wildman–Crippen LogP) is 3.15. The van der Waals surface area contributed by atoms with Crippen molar-refractivity contribution in [2.45, 2.75) is 19.9 Å². The lowest BCUT2D eigenvalue weighted by Crippen LogP contribution is -2.17. The quantitative estimate of drug-likeness (QED) is 0.805. The van der Waals surface area contributed by atoms with Gasteiger partial charge < -0.3 is 15.2 Å². The molecule has 2 aromatic rings. The van der Waals surface area contributed by atoms with Crippen molar-refractivity contribution < 1.29 is 9.84 Å². The van der Waals surface area contributed by atoms with E-state index in [1.54, 1.807) is 23.5 Å². The monoisotopic (exact) mass is 312 g/mol. The maximum Gasteiger partial charge on any atom is 0.162 e.